The summed E-state index contributed by atoms with van der Waals surface area (Å²) in [7, 11) is 3.65. The average Bonchev–Trinajstić information content (AvgIpc) is 3.65. The standard InChI is InChI=1S/C29H35N4O2.H2/c1-18(2)33-28-25(19(3)31-33)24(12-9-20-13-15-35-16-14-20)26(29(34)32(4)5)27(30-28)23-8-6-7-22(17-23)21-10-11-21;/h6-8,10-11,17-18,20H,9,12-16H2,1-5H3;1H. The van der Waals surface area contributed by atoms with E-state index in [4.69, 9.17) is 14.8 Å². The van der Waals surface area contributed by atoms with E-state index in [0.29, 0.717) is 11.5 Å². The molecule has 0 saturated carbocycles. The van der Waals surface area contributed by atoms with Crippen LogP contribution in [-0.4, -0.2) is 52.9 Å². The summed E-state index contributed by atoms with van der Waals surface area (Å²) in [5.41, 5.74) is 6.49. The largest absolute Gasteiger partial charge is 0.381 e. The molecule has 0 atom stereocenters. The Bertz CT molecular complexity index is 1280. The topological polar surface area (TPSA) is 60.2 Å². The Labute approximate surface area is 209 Å². The van der Waals surface area contributed by atoms with Crippen molar-refractivity contribution in [3.8, 4) is 11.3 Å². The highest BCUT2D eigenvalue weighted by atomic mass is 16.5. The SMILES string of the molecule is Cc1nn(C(C)C)c2nc(-c3cccc([C]4C=C4)c3)c(C(=O)N(C)C)c(CCC3CCOCC3)c12.[HH]. The normalized spacial score (nSPS) is 16.4. The van der Waals surface area contributed by atoms with Crippen molar-refractivity contribution in [2.45, 2.75) is 52.5 Å². The van der Waals surface area contributed by atoms with Gasteiger partial charge in [0.15, 0.2) is 5.65 Å². The van der Waals surface area contributed by atoms with E-state index in [0.717, 1.165) is 78.0 Å². The molecule has 1 aliphatic carbocycles. The molecule has 1 amide bonds. The van der Waals surface area contributed by atoms with Gasteiger partial charge in [-0.1, -0.05) is 30.4 Å². The van der Waals surface area contributed by atoms with E-state index in [-0.39, 0.29) is 13.4 Å². The van der Waals surface area contributed by atoms with Gasteiger partial charge in [0.25, 0.3) is 5.91 Å². The van der Waals surface area contributed by atoms with Crippen LogP contribution in [0.15, 0.2) is 36.4 Å². The molecule has 35 heavy (non-hydrogen) atoms. The lowest BCUT2D eigenvalue weighted by Crippen LogP contribution is -2.25. The highest BCUT2D eigenvalue weighted by molar-refractivity contribution is 6.05. The molecular weight excluding hydrogens is 436 g/mol. The van der Waals surface area contributed by atoms with E-state index in [2.05, 4.69) is 50.3 Å². The number of amides is 1. The number of carbonyl (C=O) groups is 1. The number of nitrogens with zero attached hydrogens (tertiary/aromatic N) is 4. The number of pyridine rings is 1. The number of hydrogen-bond acceptors (Lipinski definition) is 4. The molecule has 0 unspecified atom stereocenters. The Morgan fingerprint density at radius 1 is 1.20 bits per heavy atom. The van der Waals surface area contributed by atoms with Crippen LogP contribution in [0, 0.1) is 18.8 Å². The molecular formula is C29H37N4O2. The van der Waals surface area contributed by atoms with Gasteiger partial charge in [0.1, 0.15) is 0 Å². The molecule has 6 nitrogen and oxygen atoms in total. The smallest absolute Gasteiger partial charge is 0.255 e. The zero-order valence-corrected chi connectivity index (χ0v) is 21.5. The van der Waals surface area contributed by atoms with Crippen molar-refractivity contribution in [2.24, 2.45) is 5.92 Å². The summed E-state index contributed by atoms with van der Waals surface area (Å²) < 4.78 is 7.60. The molecule has 5 rings (SSSR count). The molecule has 6 heteroatoms. The number of fused-ring (bicyclic) bond motifs is 1. The van der Waals surface area contributed by atoms with Crippen molar-refractivity contribution in [1.82, 2.24) is 19.7 Å². The number of ether oxygens (including phenoxy) is 1. The van der Waals surface area contributed by atoms with Crippen LogP contribution in [0.1, 0.15) is 67.8 Å². The number of rotatable bonds is 7. The molecule has 0 spiro atoms. The van der Waals surface area contributed by atoms with Gasteiger partial charge in [-0.25, -0.2) is 9.67 Å². The van der Waals surface area contributed by atoms with Crippen LogP contribution in [0.3, 0.4) is 0 Å². The monoisotopic (exact) mass is 473 g/mol. The highest BCUT2D eigenvalue weighted by Gasteiger charge is 2.28. The zero-order valence-electron chi connectivity index (χ0n) is 21.5. The first-order valence-electron chi connectivity index (χ1n) is 12.7. The first-order chi connectivity index (χ1) is 16.8. The summed E-state index contributed by atoms with van der Waals surface area (Å²) >= 11 is 0. The Hall–Kier alpha value is -2.99. The maximum Gasteiger partial charge on any atom is 0.255 e. The maximum absolute atomic E-state index is 13.8. The molecule has 1 aliphatic heterocycles. The number of aryl methyl sites for hydroxylation is 2. The Morgan fingerprint density at radius 3 is 2.57 bits per heavy atom. The van der Waals surface area contributed by atoms with Crippen molar-refractivity contribution in [3.63, 3.8) is 0 Å². The molecule has 2 aromatic heterocycles. The number of carbonyl (C=O) groups excluding carboxylic acids is 1. The minimum absolute atomic E-state index is 0. The van der Waals surface area contributed by atoms with E-state index in [9.17, 15) is 4.79 Å². The third-order valence-corrected chi connectivity index (χ3v) is 7.17. The van der Waals surface area contributed by atoms with Crippen molar-refractivity contribution in [3.05, 3.63) is 64.7 Å². The quantitative estimate of drug-likeness (QED) is 0.436. The summed E-state index contributed by atoms with van der Waals surface area (Å²) in [5, 5.41) is 5.91. The molecule has 0 bridgehead atoms. The van der Waals surface area contributed by atoms with Gasteiger partial charge in [0.05, 0.1) is 17.0 Å². The van der Waals surface area contributed by atoms with Crippen LogP contribution >= 0.6 is 0 Å². The van der Waals surface area contributed by atoms with Gasteiger partial charge in [0, 0.05) is 51.6 Å². The van der Waals surface area contributed by atoms with E-state index in [1.165, 1.54) is 5.92 Å². The van der Waals surface area contributed by atoms with E-state index in [1.807, 2.05) is 25.7 Å². The Kier molecular flexibility index (Phi) is 6.49. The van der Waals surface area contributed by atoms with Crippen LogP contribution in [-0.2, 0) is 11.2 Å². The maximum atomic E-state index is 13.8. The predicted molar refractivity (Wildman–Crippen MR) is 142 cm³/mol. The van der Waals surface area contributed by atoms with Crippen LogP contribution < -0.4 is 0 Å². The van der Waals surface area contributed by atoms with Gasteiger partial charge in [-0.15, -0.1) is 0 Å². The molecule has 2 aliphatic rings. The summed E-state index contributed by atoms with van der Waals surface area (Å²) in [4.78, 5) is 20.6. The summed E-state index contributed by atoms with van der Waals surface area (Å²) in [6, 6.07) is 8.56. The lowest BCUT2D eigenvalue weighted by molar-refractivity contribution is 0.0639. The van der Waals surface area contributed by atoms with Crippen molar-refractivity contribution >= 4 is 16.9 Å². The van der Waals surface area contributed by atoms with Crippen LogP contribution in [0.25, 0.3) is 22.3 Å². The van der Waals surface area contributed by atoms with E-state index in [1.54, 1.807) is 4.90 Å². The number of allylic oxidation sites excluding steroid dienone is 2. The molecule has 3 aromatic rings. The number of benzene rings is 1. The fourth-order valence-corrected chi connectivity index (χ4v) is 5.16. The van der Waals surface area contributed by atoms with Gasteiger partial charge >= 0.3 is 0 Å². The molecule has 1 fully saturated rings. The van der Waals surface area contributed by atoms with Crippen LogP contribution in [0.5, 0.6) is 0 Å². The third-order valence-electron chi connectivity index (χ3n) is 7.17. The first-order valence-corrected chi connectivity index (χ1v) is 12.7. The van der Waals surface area contributed by atoms with Gasteiger partial charge in [-0.05, 0) is 69.6 Å². The van der Waals surface area contributed by atoms with E-state index < -0.39 is 0 Å². The summed E-state index contributed by atoms with van der Waals surface area (Å²) in [6.07, 6.45) is 8.24. The minimum atomic E-state index is -0.00400. The summed E-state index contributed by atoms with van der Waals surface area (Å²) in [6.45, 7) is 7.96. The summed E-state index contributed by atoms with van der Waals surface area (Å²) in [5.74, 6) is 1.84. The zero-order chi connectivity index (χ0) is 24.7. The number of hydrogen-bond donors (Lipinski definition) is 0. The van der Waals surface area contributed by atoms with E-state index >= 15 is 0 Å². The highest BCUT2D eigenvalue weighted by Crippen LogP contribution is 2.37. The Morgan fingerprint density at radius 2 is 1.91 bits per heavy atom. The minimum Gasteiger partial charge on any atom is -0.381 e. The second kappa shape index (κ2) is 9.57. The molecule has 185 valence electrons. The van der Waals surface area contributed by atoms with Crippen molar-refractivity contribution in [2.75, 3.05) is 27.3 Å². The van der Waals surface area contributed by atoms with Gasteiger partial charge in [-0.2, -0.15) is 5.10 Å². The molecule has 1 aromatic carbocycles. The lowest BCUT2D eigenvalue weighted by Gasteiger charge is -2.24. The fraction of sp³-hybridized carbons (Fsp3) is 0.448. The second-order valence-electron chi connectivity index (χ2n) is 10.3. The average molecular weight is 474 g/mol. The molecule has 1 radical (unpaired) electrons. The molecule has 0 N–H and O–H groups in total. The van der Waals surface area contributed by atoms with Crippen LogP contribution in [0.4, 0.5) is 0 Å². The predicted octanol–water partition coefficient (Wildman–Crippen LogP) is 5.79. The van der Waals surface area contributed by atoms with Crippen molar-refractivity contribution < 1.29 is 11.0 Å². The molecule has 1 saturated heterocycles. The van der Waals surface area contributed by atoms with Crippen molar-refractivity contribution in [1.29, 1.82) is 0 Å². The lowest BCUT2D eigenvalue weighted by atomic mass is 9.88. The van der Waals surface area contributed by atoms with Gasteiger partial charge in [0.2, 0.25) is 0 Å². The van der Waals surface area contributed by atoms with Crippen LogP contribution in [0.2, 0.25) is 0 Å². The molecule has 3 heterocycles. The Balaban J connectivity index is 0.00000304. The first kappa shape index (κ1) is 23.7. The van der Waals surface area contributed by atoms with Gasteiger partial charge in [-0.3, -0.25) is 4.79 Å². The second-order valence-corrected chi connectivity index (χ2v) is 10.3. The number of aromatic nitrogens is 3. The third kappa shape index (κ3) is 4.64. The van der Waals surface area contributed by atoms with Gasteiger partial charge < -0.3 is 9.64 Å². The fourth-order valence-electron chi connectivity index (χ4n) is 5.16.